The molecule has 104 valence electrons. The van der Waals surface area contributed by atoms with Gasteiger partial charge < -0.3 is 10.2 Å². The second kappa shape index (κ2) is 4.92. The smallest absolute Gasteiger partial charge is 0.249 e. The zero-order chi connectivity index (χ0) is 14.2. The maximum Gasteiger partial charge on any atom is 0.249 e. The van der Waals surface area contributed by atoms with Gasteiger partial charge in [-0.2, -0.15) is 0 Å². The molecule has 0 aliphatic carbocycles. The van der Waals surface area contributed by atoms with Gasteiger partial charge in [0.05, 0.1) is 6.04 Å². The highest BCUT2D eigenvalue weighted by atomic mass is 32.1. The Kier molecular flexibility index (Phi) is 3.62. The van der Waals surface area contributed by atoms with Crippen LogP contribution in [0.3, 0.4) is 0 Å². The normalized spacial score (nSPS) is 25.4. The number of hydrogen-bond acceptors (Lipinski definition) is 4. The second-order valence-corrected chi connectivity index (χ2v) is 6.42. The molecule has 1 fully saturated rings. The number of aryl methyl sites for hydroxylation is 1. The molecule has 2 unspecified atom stereocenters. The van der Waals surface area contributed by atoms with Crippen LogP contribution in [-0.2, 0) is 9.59 Å². The van der Waals surface area contributed by atoms with E-state index in [4.69, 9.17) is 0 Å². The van der Waals surface area contributed by atoms with Crippen LogP contribution in [0.1, 0.15) is 43.1 Å². The molecule has 1 saturated heterocycles. The number of piperazine rings is 1. The van der Waals surface area contributed by atoms with E-state index in [-0.39, 0.29) is 24.4 Å². The fraction of sp³-hybridized carbons (Fsp3) is 0.615. The molecule has 1 aromatic rings. The van der Waals surface area contributed by atoms with Crippen molar-refractivity contribution in [3.63, 3.8) is 0 Å². The van der Waals surface area contributed by atoms with Crippen molar-refractivity contribution in [3.05, 3.63) is 16.1 Å². The summed E-state index contributed by atoms with van der Waals surface area (Å²) in [4.78, 5) is 31.4. The highest BCUT2D eigenvalue weighted by molar-refractivity contribution is 7.11. The van der Waals surface area contributed by atoms with E-state index >= 15 is 0 Å². The number of rotatable bonds is 3. The summed E-state index contributed by atoms with van der Waals surface area (Å²) in [5.41, 5.74) is -0.796. The van der Waals surface area contributed by atoms with E-state index in [2.05, 4.69) is 10.3 Å². The highest BCUT2D eigenvalue weighted by Crippen LogP contribution is 2.29. The molecule has 2 atom stereocenters. The van der Waals surface area contributed by atoms with Gasteiger partial charge in [0.1, 0.15) is 17.1 Å². The molecular weight excluding hydrogens is 262 g/mol. The van der Waals surface area contributed by atoms with E-state index in [0.29, 0.717) is 6.42 Å². The van der Waals surface area contributed by atoms with Gasteiger partial charge in [-0.15, -0.1) is 11.3 Å². The summed E-state index contributed by atoms with van der Waals surface area (Å²) < 4.78 is 0. The minimum atomic E-state index is -0.796. The Morgan fingerprint density at radius 2 is 2.26 bits per heavy atom. The van der Waals surface area contributed by atoms with Crippen molar-refractivity contribution in [1.29, 1.82) is 0 Å². The fourth-order valence-electron chi connectivity index (χ4n) is 2.20. The van der Waals surface area contributed by atoms with Gasteiger partial charge in [0.25, 0.3) is 0 Å². The summed E-state index contributed by atoms with van der Waals surface area (Å²) in [6, 6.07) is -0.164. The fourth-order valence-corrected chi connectivity index (χ4v) is 3.03. The SMILES string of the molecule is CCC1(C)NC(=O)CN(C(C)c2ncc(C)s2)C1=O. The highest BCUT2D eigenvalue weighted by Gasteiger charge is 2.43. The lowest BCUT2D eigenvalue weighted by Crippen LogP contribution is -2.65. The van der Waals surface area contributed by atoms with E-state index in [0.717, 1.165) is 9.88 Å². The maximum absolute atomic E-state index is 12.5. The molecule has 0 aromatic carbocycles. The van der Waals surface area contributed by atoms with E-state index in [9.17, 15) is 9.59 Å². The van der Waals surface area contributed by atoms with Gasteiger partial charge in [-0.25, -0.2) is 4.98 Å². The van der Waals surface area contributed by atoms with Crippen LogP contribution in [-0.4, -0.2) is 33.8 Å². The lowest BCUT2D eigenvalue weighted by Gasteiger charge is -2.41. The van der Waals surface area contributed by atoms with Crippen molar-refractivity contribution in [2.45, 2.75) is 45.7 Å². The first-order valence-electron chi connectivity index (χ1n) is 6.42. The first-order valence-corrected chi connectivity index (χ1v) is 7.23. The number of nitrogens with one attached hydrogen (secondary N) is 1. The maximum atomic E-state index is 12.5. The summed E-state index contributed by atoms with van der Waals surface area (Å²) >= 11 is 1.56. The first-order chi connectivity index (χ1) is 8.87. The summed E-state index contributed by atoms with van der Waals surface area (Å²) in [7, 11) is 0. The van der Waals surface area contributed by atoms with Gasteiger partial charge >= 0.3 is 0 Å². The molecular formula is C13H19N3O2S. The van der Waals surface area contributed by atoms with Gasteiger partial charge in [0, 0.05) is 11.1 Å². The standard InChI is InChI=1S/C13H19N3O2S/c1-5-13(4)12(18)16(7-10(17)15-13)9(3)11-14-6-8(2)19-11/h6,9H,5,7H2,1-4H3,(H,15,17). The molecule has 2 rings (SSSR count). The Labute approximate surface area is 117 Å². The van der Waals surface area contributed by atoms with Gasteiger partial charge in [0.2, 0.25) is 11.8 Å². The van der Waals surface area contributed by atoms with E-state index in [1.54, 1.807) is 29.4 Å². The van der Waals surface area contributed by atoms with E-state index in [1.165, 1.54) is 0 Å². The van der Waals surface area contributed by atoms with E-state index in [1.807, 2.05) is 20.8 Å². The van der Waals surface area contributed by atoms with Crippen molar-refractivity contribution >= 4 is 23.2 Å². The predicted molar refractivity (Wildman–Crippen MR) is 73.8 cm³/mol. The van der Waals surface area contributed by atoms with Gasteiger partial charge in [-0.05, 0) is 27.2 Å². The van der Waals surface area contributed by atoms with Crippen LogP contribution in [0.4, 0.5) is 0 Å². The zero-order valence-electron chi connectivity index (χ0n) is 11.7. The minimum Gasteiger partial charge on any atom is -0.340 e. The number of nitrogens with zero attached hydrogens (tertiary/aromatic N) is 2. The van der Waals surface area contributed by atoms with Crippen LogP contribution >= 0.6 is 11.3 Å². The molecule has 0 spiro atoms. The van der Waals surface area contributed by atoms with Crippen molar-refractivity contribution < 1.29 is 9.59 Å². The van der Waals surface area contributed by atoms with Gasteiger partial charge in [-0.1, -0.05) is 6.92 Å². The third-order valence-corrected chi connectivity index (χ3v) is 4.72. The average Bonchev–Trinajstić information content (AvgIpc) is 2.79. The monoisotopic (exact) mass is 281 g/mol. The molecule has 5 nitrogen and oxygen atoms in total. The lowest BCUT2D eigenvalue weighted by molar-refractivity contribution is -0.151. The molecule has 0 bridgehead atoms. The third-order valence-electron chi connectivity index (χ3n) is 3.63. The molecule has 1 aliphatic heterocycles. The number of aromatic nitrogens is 1. The van der Waals surface area contributed by atoms with Crippen LogP contribution in [0.5, 0.6) is 0 Å². The molecule has 2 heterocycles. The molecule has 1 aliphatic rings. The van der Waals surface area contributed by atoms with E-state index < -0.39 is 5.54 Å². The number of hydrogen-bond donors (Lipinski definition) is 1. The van der Waals surface area contributed by atoms with Crippen molar-refractivity contribution in [1.82, 2.24) is 15.2 Å². The summed E-state index contributed by atoms with van der Waals surface area (Å²) in [5.74, 6) is -0.140. The largest absolute Gasteiger partial charge is 0.340 e. The number of carbonyl (C=O) groups is 2. The van der Waals surface area contributed by atoms with Crippen LogP contribution in [0.15, 0.2) is 6.20 Å². The van der Waals surface area contributed by atoms with Crippen LogP contribution in [0.25, 0.3) is 0 Å². The molecule has 1 N–H and O–H groups in total. The molecule has 6 heteroatoms. The molecule has 2 amide bonds. The molecule has 1 aromatic heterocycles. The number of carbonyl (C=O) groups excluding carboxylic acids is 2. The third kappa shape index (κ3) is 2.49. The first kappa shape index (κ1) is 14.0. The molecule has 19 heavy (non-hydrogen) atoms. The summed E-state index contributed by atoms with van der Waals surface area (Å²) in [6.45, 7) is 7.69. The summed E-state index contributed by atoms with van der Waals surface area (Å²) in [6.07, 6.45) is 2.38. The number of thiazole rings is 1. The van der Waals surface area contributed by atoms with Crippen molar-refractivity contribution in [3.8, 4) is 0 Å². The minimum absolute atomic E-state index is 0.0325. The number of amides is 2. The zero-order valence-corrected chi connectivity index (χ0v) is 12.5. The molecule has 0 radical (unpaired) electrons. The van der Waals surface area contributed by atoms with Gasteiger partial charge in [0.15, 0.2) is 0 Å². The Hall–Kier alpha value is -1.43. The predicted octanol–water partition coefficient (Wildman–Crippen LogP) is 1.64. The van der Waals surface area contributed by atoms with Crippen LogP contribution in [0, 0.1) is 6.92 Å². The Morgan fingerprint density at radius 3 is 2.79 bits per heavy atom. The van der Waals surface area contributed by atoms with Crippen molar-refractivity contribution in [2.75, 3.05) is 6.54 Å². The lowest BCUT2D eigenvalue weighted by atomic mass is 9.93. The van der Waals surface area contributed by atoms with Crippen molar-refractivity contribution in [2.24, 2.45) is 0 Å². The van der Waals surface area contributed by atoms with Crippen LogP contribution in [0.2, 0.25) is 0 Å². The Bertz CT molecular complexity index is 514. The topological polar surface area (TPSA) is 62.3 Å². The second-order valence-electron chi connectivity index (χ2n) is 5.15. The Morgan fingerprint density at radius 1 is 1.58 bits per heavy atom. The van der Waals surface area contributed by atoms with Gasteiger partial charge in [-0.3, -0.25) is 9.59 Å². The molecule has 0 saturated carbocycles. The van der Waals surface area contributed by atoms with Crippen LogP contribution < -0.4 is 5.32 Å². The Balaban J connectivity index is 2.28. The summed E-state index contributed by atoms with van der Waals surface area (Å²) in [5, 5.41) is 3.66. The average molecular weight is 281 g/mol. The quantitative estimate of drug-likeness (QED) is 0.916.